The first-order chi connectivity index (χ1) is 6.40. The first-order valence-corrected chi connectivity index (χ1v) is 4.93. The molecule has 3 N–H and O–H groups in total. The van der Waals surface area contributed by atoms with E-state index in [4.69, 9.17) is 22.7 Å². The predicted octanol–water partition coefficient (Wildman–Crippen LogP) is 0.448. The lowest BCUT2D eigenvalue weighted by molar-refractivity contribution is -0.130. The Labute approximate surface area is 90.2 Å². The van der Waals surface area contributed by atoms with E-state index in [1.165, 1.54) is 7.11 Å². The van der Waals surface area contributed by atoms with Gasteiger partial charge in [-0.3, -0.25) is 4.79 Å². The van der Waals surface area contributed by atoms with Crippen molar-refractivity contribution in [1.82, 2.24) is 5.32 Å². The number of hydrogen-bond donors (Lipinski definition) is 2. The van der Waals surface area contributed by atoms with Gasteiger partial charge in [0.25, 0.3) is 0 Å². The Bertz CT molecular complexity index is 219. The van der Waals surface area contributed by atoms with E-state index in [1.54, 1.807) is 6.92 Å². The van der Waals surface area contributed by atoms with E-state index in [1.807, 2.05) is 13.8 Å². The normalized spacial score (nSPS) is 14.9. The molecule has 0 radical (unpaired) electrons. The van der Waals surface area contributed by atoms with Gasteiger partial charge in [-0.2, -0.15) is 0 Å². The zero-order valence-corrected chi connectivity index (χ0v) is 9.85. The molecule has 0 rings (SSSR count). The van der Waals surface area contributed by atoms with Crippen molar-refractivity contribution in [2.24, 2.45) is 11.7 Å². The lowest BCUT2D eigenvalue weighted by Crippen LogP contribution is -2.49. The fourth-order valence-electron chi connectivity index (χ4n) is 0.944. The van der Waals surface area contributed by atoms with E-state index in [-0.39, 0.29) is 17.9 Å². The van der Waals surface area contributed by atoms with Crippen LogP contribution >= 0.6 is 12.2 Å². The van der Waals surface area contributed by atoms with E-state index in [0.29, 0.717) is 4.99 Å². The molecule has 14 heavy (non-hydrogen) atoms. The molecule has 0 aliphatic heterocycles. The maximum Gasteiger partial charge on any atom is 0.249 e. The average molecular weight is 218 g/mol. The summed E-state index contributed by atoms with van der Waals surface area (Å²) in [5, 5.41) is 2.74. The van der Waals surface area contributed by atoms with Crippen molar-refractivity contribution in [3.8, 4) is 0 Å². The fourth-order valence-corrected chi connectivity index (χ4v) is 1.28. The molecule has 0 spiro atoms. The van der Waals surface area contributed by atoms with Crippen molar-refractivity contribution in [2.75, 3.05) is 7.11 Å². The lowest BCUT2D eigenvalue weighted by Gasteiger charge is -2.22. The maximum absolute atomic E-state index is 11.4. The van der Waals surface area contributed by atoms with E-state index < -0.39 is 6.10 Å². The molecule has 5 heteroatoms. The first-order valence-electron chi connectivity index (χ1n) is 4.52. The van der Waals surface area contributed by atoms with Gasteiger partial charge in [0.1, 0.15) is 6.10 Å². The molecule has 82 valence electrons. The average Bonchev–Trinajstić information content (AvgIpc) is 2.11. The second-order valence-electron chi connectivity index (χ2n) is 3.51. The Morgan fingerprint density at radius 2 is 1.93 bits per heavy atom. The van der Waals surface area contributed by atoms with Crippen LogP contribution in [0.3, 0.4) is 0 Å². The van der Waals surface area contributed by atoms with Gasteiger partial charge in [-0.05, 0) is 12.8 Å². The molecule has 0 aliphatic rings. The number of hydrogen-bond acceptors (Lipinski definition) is 3. The third-order valence-electron chi connectivity index (χ3n) is 1.99. The van der Waals surface area contributed by atoms with Crippen molar-refractivity contribution >= 4 is 23.1 Å². The van der Waals surface area contributed by atoms with Gasteiger partial charge in [-0.1, -0.05) is 26.1 Å². The molecular formula is C9H18N2O2S. The highest BCUT2D eigenvalue weighted by atomic mass is 32.1. The second-order valence-corrected chi connectivity index (χ2v) is 3.98. The quantitative estimate of drug-likeness (QED) is 0.658. The summed E-state index contributed by atoms with van der Waals surface area (Å²) in [5.41, 5.74) is 5.50. The molecule has 2 unspecified atom stereocenters. The Morgan fingerprint density at radius 3 is 2.21 bits per heavy atom. The van der Waals surface area contributed by atoms with Gasteiger partial charge in [0.15, 0.2) is 0 Å². The van der Waals surface area contributed by atoms with E-state index in [0.717, 1.165) is 0 Å². The molecule has 1 amide bonds. The summed E-state index contributed by atoms with van der Waals surface area (Å²) in [4.78, 5) is 11.7. The minimum atomic E-state index is -0.481. The van der Waals surface area contributed by atoms with E-state index in [9.17, 15) is 4.79 Å². The Morgan fingerprint density at radius 1 is 1.43 bits per heavy atom. The van der Waals surface area contributed by atoms with Crippen LogP contribution in [-0.4, -0.2) is 30.2 Å². The minimum absolute atomic E-state index is 0.181. The monoisotopic (exact) mass is 218 g/mol. The topological polar surface area (TPSA) is 64.3 Å². The Kier molecular flexibility index (Phi) is 5.64. The van der Waals surface area contributed by atoms with Crippen LogP contribution in [0, 0.1) is 5.92 Å². The highest BCUT2D eigenvalue weighted by Crippen LogP contribution is 2.02. The van der Waals surface area contributed by atoms with Crippen LogP contribution < -0.4 is 11.1 Å². The largest absolute Gasteiger partial charge is 0.392 e. The molecule has 0 aromatic rings. The number of ether oxygens (including phenoxy) is 1. The zero-order chi connectivity index (χ0) is 11.3. The summed E-state index contributed by atoms with van der Waals surface area (Å²) in [6, 6.07) is -0.268. The molecule has 2 atom stereocenters. The van der Waals surface area contributed by atoms with Gasteiger partial charge < -0.3 is 15.8 Å². The molecule has 0 aromatic heterocycles. The molecule has 0 aromatic carbocycles. The molecule has 0 fully saturated rings. The first kappa shape index (κ1) is 13.3. The highest BCUT2D eigenvalue weighted by molar-refractivity contribution is 7.80. The van der Waals surface area contributed by atoms with Gasteiger partial charge >= 0.3 is 0 Å². The second kappa shape index (κ2) is 5.93. The standard InChI is InChI=1S/C9H18N2O2S/c1-5(2)7(8(10)14)11-9(12)6(3)13-4/h5-7H,1-4H3,(H2,10,14)(H,11,12). The summed E-state index contributed by atoms with van der Waals surface area (Å²) < 4.78 is 4.88. The van der Waals surface area contributed by atoms with Gasteiger partial charge in [-0.25, -0.2) is 0 Å². The molecule has 0 saturated heterocycles. The summed E-state index contributed by atoms with van der Waals surface area (Å²) in [7, 11) is 1.48. The number of thiocarbonyl (C=S) groups is 1. The van der Waals surface area contributed by atoms with Gasteiger partial charge in [-0.15, -0.1) is 0 Å². The smallest absolute Gasteiger partial charge is 0.249 e. The number of nitrogens with two attached hydrogens (primary N) is 1. The predicted molar refractivity (Wildman–Crippen MR) is 60.0 cm³/mol. The number of nitrogens with one attached hydrogen (secondary N) is 1. The van der Waals surface area contributed by atoms with Crippen LogP contribution in [-0.2, 0) is 9.53 Å². The van der Waals surface area contributed by atoms with E-state index >= 15 is 0 Å². The summed E-state index contributed by atoms with van der Waals surface area (Å²) in [6.45, 7) is 5.56. The fraction of sp³-hybridized carbons (Fsp3) is 0.778. The van der Waals surface area contributed by atoms with Crippen molar-refractivity contribution in [3.63, 3.8) is 0 Å². The van der Waals surface area contributed by atoms with Crippen molar-refractivity contribution < 1.29 is 9.53 Å². The van der Waals surface area contributed by atoms with Crippen LogP contribution in [0.2, 0.25) is 0 Å². The maximum atomic E-state index is 11.4. The Balaban J connectivity index is 4.31. The molecule has 0 bridgehead atoms. The van der Waals surface area contributed by atoms with Gasteiger partial charge in [0, 0.05) is 7.11 Å². The van der Waals surface area contributed by atoms with Crippen molar-refractivity contribution in [2.45, 2.75) is 32.9 Å². The molecule has 0 aliphatic carbocycles. The third kappa shape index (κ3) is 4.02. The zero-order valence-electron chi connectivity index (χ0n) is 9.03. The lowest BCUT2D eigenvalue weighted by atomic mass is 10.0. The van der Waals surface area contributed by atoms with Gasteiger partial charge in [0.05, 0.1) is 11.0 Å². The Hall–Kier alpha value is -0.680. The van der Waals surface area contributed by atoms with E-state index in [2.05, 4.69) is 5.32 Å². The minimum Gasteiger partial charge on any atom is -0.392 e. The van der Waals surface area contributed by atoms with Crippen LogP contribution in [0.5, 0.6) is 0 Å². The van der Waals surface area contributed by atoms with Crippen LogP contribution in [0.25, 0.3) is 0 Å². The number of carbonyl (C=O) groups excluding carboxylic acids is 1. The molecule has 0 heterocycles. The molecule has 0 saturated carbocycles. The number of methoxy groups -OCH3 is 1. The van der Waals surface area contributed by atoms with Crippen LogP contribution in [0.15, 0.2) is 0 Å². The number of rotatable bonds is 5. The third-order valence-corrected chi connectivity index (χ3v) is 2.25. The van der Waals surface area contributed by atoms with Crippen LogP contribution in [0.4, 0.5) is 0 Å². The van der Waals surface area contributed by atoms with Gasteiger partial charge in [0.2, 0.25) is 5.91 Å². The molecule has 4 nitrogen and oxygen atoms in total. The SMILES string of the molecule is COC(C)C(=O)NC(C(N)=S)C(C)C. The summed E-state index contributed by atoms with van der Waals surface area (Å²) in [5.74, 6) is -0.0143. The highest BCUT2D eigenvalue weighted by Gasteiger charge is 2.21. The summed E-state index contributed by atoms with van der Waals surface area (Å²) in [6.07, 6.45) is -0.481. The number of carbonyl (C=O) groups is 1. The summed E-state index contributed by atoms with van der Waals surface area (Å²) >= 11 is 4.86. The van der Waals surface area contributed by atoms with Crippen LogP contribution in [0.1, 0.15) is 20.8 Å². The molecular weight excluding hydrogens is 200 g/mol. The van der Waals surface area contributed by atoms with Crippen molar-refractivity contribution in [1.29, 1.82) is 0 Å². The van der Waals surface area contributed by atoms with Crippen molar-refractivity contribution in [3.05, 3.63) is 0 Å². The number of amides is 1.